The second-order valence-corrected chi connectivity index (χ2v) is 9.32. The molecule has 0 saturated heterocycles. The van der Waals surface area contributed by atoms with Crippen LogP contribution in [0, 0.1) is 0 Å². The molecule has 0 aliphatic carbocycles. The Labute approximate surface area is 191 Å². The van der Waals surface area contributed by atoms with E-state index in [1.807, 2.05) is 24.3 Å². The molecule has 4 nitrogen and oxygen atoms in total. The predicted octanol–water partition coefficient (Wildman–Crippen LogP) is 6.65. The van der Waals surface area contributed by atoms with Crippen LogP contribution in [0.5, 0.6) is 11.5 Å². The third-order valence-corrected chi connectivity index (χ3v) is 6.95. The minimum absolute atomic E-state index is 0.128. The summed E-state index contributed by atoms with van der Waals surface area (Å²) in [6.07, 6.45) is 6.27. The van der Waals surface area contributed by atoms with Crippen molar-refractivity contribution < 1.29 is 9.47 Å². The van der Waals surface area contributed by atoms with Crippen molar-refractivity contribution in [2.24, 2.45) is 0 Å². The fourth-order valence-electron chi connectivity index (χ4n) is 4.10. The van der Waals surface area contributed by atoms with Crippen molar-refractivity contribution >= 4 is 66.0 Å². The maximum absolute atomic E-state index is 6.12. The Balaban J connectivity index is 0.000000125. The van der Waals surface area contributed by atoms with Crippen LogP contribution in [0.4, 0.5) is 11.4 Å². The van der Waals surface area contributed by atoms with Gasteiger partial charge in [0.15, 0.2) is 0 Å². The fraction of sp³-hybridized carbons (Fsp3) is 0.273. The molecule has 0 spiro atoms. The van der Waals surface area contributed by atoms with Crippen molar-refractivity contribution in [2.75, 3.05) is 30.4 Å². The van der Waals surface area contributed by atoms with Crippen LogP contribution in [-0.2, 0) is 0 Å². The quantitative estimate of drug-likeness (QED) is 0.291. The van der Waals surface area contributed by atoms with Gasteiger partial charge in [0, 0.05) is 39.5 Å². The van der Waals surface area contributed by atoms with Crippen molar-refractivity contribution in [3.8, 4) is 11.5 Å². The van der Waals surface area contributed by atoms with E-state index >= 15 is 0 Å². The number of benzene rings is 2. The monoisotopic (exact) mass is 536 g/mol. The van der Waals surface area contributed by atoms with E-state index in [1.54, 1.807) is 0 Å². The summed E-state index contributed by atoms with van der Waals surface area (Å²) in [5.41, 5.74) is 7.21. The highest BCUT2D eigenvalue weighted by Crippen LogP contribution is 2.45. The first-order valence-corrected chi connectivity index (χ1v) is 11.6. The molecule has 0 radical (unpaired) electrons. The number of anilines is 2. The number of hydrogen-bond acceptors (Lipinski definition) is 4. The molecule has 0 saturated carbocycles. The third kappa shape index (κ3) is 3.56. The second-order valence-electron chi connectivity index (χ2n) is 7.14. The first kappa shape index (κ1) is 19.3. The van der Waals surface area contributed by atoms with Crippen LogP contribution in [0.1, 0.15) is 24.0 Å². The topological polar surface area (TPSA) is 42.5 Å². The van der Waals surface area contributed by atoms with Crippen molar-refractivity contribution in [2.45, 2.75) is 18.3 Å². The molecule has 0 amide bonds. The average molecular weight is 539 g/mol. The maximum Gasteiger partial charge on any atom is 0.128 e. The molecule has 1 atom stereocenters. The van der Waals surface area contributed by atoms with Crippen LogP contribution in [0.3, 0.4) is 0 Å². The van der Waals surface area contributed by atoms with Gasteiger partial charge >= 0.3 is 0 Å². The van der Waals surface area contributed by atoms with E-state index in [9.17, 15) is 0 Å². The molecule has 2 aromatic carbocycles. The summed E-state index contributed by atoms with van der Waals surface area (Å²) in [6, 6.07) is 8.05. The van der Waals surface area contributed by atoms with Crippen LogP contribution in [-0.4, -0.2) is 25.3 Å². The molecule has 0 fully saturated rings. The van der Waals surface area contributed by atoms with E-state index in [-0.39, 0.29) is 5.50 Å². The summed E-state index contributed by atoms with van der Waals surface area (Å²) in [5.74, 6) is 1.95. The van der Waals surface area contributed by atoms with Gasteiger partial charge < -0.3 is 20.1 Å². The number of nitrogens with one attached hydrogen (secondary N) is 2. The summed E-state index contributed by atoms with van der Waals surface area (Å²) in [6.45, 7) is 2.47. The normalized spacial score (nSPS) is 20.0. The lowest BCUT2D eigenvalue weighted by Crippen LogP contribution is -2.20. The van der Waals surface area contributed by atoms with Gasteiger partial charge in [-0.3, -0.25) is 0 Å². The molecule has 2 aromatic rings. The summed E-state index contributed by atoms with van der Waals surface area (Å²) < 4.78 is 13.4. The summed E-state index contributed by atoms with van der Waals surface area (Å²) in [4.78, 5) is 0. The zero-order valence-electron chi connectivity index (χ0n) is 15.5. The number of halogens is 3. The Kier molecular flexibility index (Phi) is 5.26. The smallest absolute Gasteiger partial charge is 0.128 e. The van der Waals surface area contributed by atoms with Gasteiger partial charge in [-0.2, -0.15) is 0 Å². The van der Waals surface area contributed by atoms with Gasteiger partial charge in [0.1, 0.15) is 17.0 Å². The first-order chi connectivity index (χ1) is 14.1. The van der Waals surface area contributed by atoms with E-state index in [2.05, 4.69) is 54.6 Å². The molecule has 4 heterocycles. The largest absolute Gasteiger partial charge is 0.493 e. The maximum atomic E-state index is 6.12. The van der Waals surface area contributed by atoms with Crippen molar-refractivity contribution in [3.63, 3.8) is 0 Å². The molecule has 7 heteroatoms. The molecular weight excluding hydrogens is 520 g/mol. The zero-order chi connectivity index (χ0) is 20.0. The van der Waals surface area contributed by atoms with E-state index in [4.69, 9.17) is 21.1 Å². The predicted molar refractivity (Wildman–Crippen MR) is 126 cm³/mol. The summed E-state index contributed by atoms with van der Waals surface area (Å²) in [5, 5.41) is 6.60. The van der Waals surface area contributed by atoms with Gasteiger partial charge in [0.2, 0.25) is 0 Å². The summed E-state index contributed by atoms with van der Waals surface area (Å²) in [7, 11) is 0. The molecule has 6 rings (SSSR count). The molecule has 150 valence electrons. The number of rotatable bonds is 0. The minimum atomic E-state index is -0.128. The van der Waals surface area contributed by atoms with E-state index in [1.165, 1.54) is 22.4 Å². The first-order valence-electron chi connectivity index (χ1n) is 9.57. The lowest BCUT2D eigenvalue weighted by Gasteiger charge is -2.29. The fourth-order valence-corrected chi connectivity index (χ4v) is 5.28. The molecule has 2 N–H and O–H groups in total. The molecule has 1 unspecified atom stereocenters. The number of alkyl halides is 1. The lowest BCUT2D eigenvalue weighted by atomic mass is 9.95. The highest BCUT2D eigenvalue weighted by atomic mass is 79.9. The van der Waals surface area contributed by atoms with Crippen LogP contribution >= 0.6 is 43.5 Å². The Morgan fingerprint density at radius 3 is 2.21 bits per heavy atom. The van der Waals surface area contributed by atoms with Crippen LogP contribution in [0.25, 0.3) is 11.1 Å². The highest BCUT2D eigenvalue weighted by Gasteiger charge is 2.26. The van der Waals surface area contributed by atoms with Gasteiger partial charge in [0.25, 0.3) is 0 Å². The van der Waals surface area contributed by atoms with Crippen LogP contribution in [0.2, 0.25) is 0 Å². The molecule has 4 aliphatic rings. The van der Waals surface area contributed by atoms with Crippen LogP contribution in [0.15, 0.2) is 45.4 Å². The standard InChI is InChI=1S/C11H9BrClNO.C11H10BrNO/c12-7-1-2-8-10-6(3-4-15-8)5-9(13)14-11(7)10;12-8-1-2-9-10-7(4-6-14-9)3-5-13-11(8)10/h1-2,5,9,14H,3-4H2;1-3,13H,4-6H2. The lowest BCUT2D eigenvalue weighted by molar-refractivity contribution is 0.316. The van der Waals surface area contributed by atoms with Gasteiger partial charge in [-0.05, 0) is 73.3 Å². The SMILES string of the molecule is Brc1ccc2c3c1NCC=C3CCO2.ClC1C=C2CCOc3ccc(Br)c(c32)N1. The number of hydrogen-bond donors (Lipinski definition) is 2. The van der Waals surface area contributed by atoms with E-state index < -0.39 is 0 Å². The minimum Gasteiger partial charge on any atom is -0.493 e. The zero-order valence-corrected chi connectivity index (χ0v) is 19.5. The molecule has 29 heavy (non-hydrogen) atoms. The average Bonchev–Trinajstić information content (AvgIpc) is 2.74. The Bertz CT molecular complexity index is 1050. The summed E-state index contributed by atoms with van der Waals surface area (Å²) >= 11 is 13.2. The van der Waals surface area contributed by atoms with E-state index in [0.717, 1.165) is 64.3 Å². The van der Waals surface area contributed by atoms with E-state index in [0.29, 0.717) is 0 Å². The van der Waals surface area contributed by atoms with Crippen molar-refractivity contribution in [3.05, 3.63) is 56.5 Å². The van der Waals surface area contributed by atoms with Crippen molar-refractivity contribution in [1.82, 2.24) is 0 Å². The molecular formula is C22H19Br2ClN2O2. The van der Waals surface area contributed by atoms with Gasteiger partial charge in [-0.15, -0.1) is 0 Å². The third-order valence-electron chi connectivity index (χ3n) is 5.39. The van der Waals surface area contributed by atoms with Gasteiger partial charge in [0.05, 0.1) is 24.6 Å². The Morgan fingerprint density at radius 2 is 1.48 bits per heavy atom. The molecule has 0 bridgehead atoms. The Morgan fingerprint density at radius 1 is 0.862 bits per heavy atom. The van der Waals surface area contributed by atoms with Gasteiger partial charge in [-0.1, -0.05) is 17.7 Å². The second kappa shape index (κ2) is 7.89. The number of ether oxygens (including phenoxy) is 2. The molecule has 4 aliphatic heterocycles. The highest BCUT2D eigenvalue weighted by molar-refractivity contribution is 9.11. The Hall–Kier alpha value is -1.63. The van der Waals surface area contributed by atoms with Crippen LogP contribution < -0.4 is 20.1 Å². The molecule has 0 aromatic heterocycles. The van der Waals surface area contributed by atoms with Gasteiger partial charge in [-0.25, -0.2) is 0 Å². The van der Waals surface area contributed by atoms with Crippen molar-refractivity contribution in [1.29, 1.82) is 0 Å².